The molecule has 5 nitrogen and oxygen atoms in total. The fraction of sp³-hybridized carbons (Fsp3) is 0.143. The Morgan fingerprint density at radius 2 is 2.00 bits per heavy atom. The number of rotatable bonds is 6. The number of anilines is 1. The standard InChI is InChI=1S/C21H19IN2O3/c1-14-5-6-16(10-18(14)22)21(25)24-17-7-8-19(26-2)20(11-17)27-13-15-4-3-9-23-12-15/h3-12H,13H2,1-2H3,(H,24,25). The second kappa shape index (κ2) is 8.85. The molecule has 1 N–H and O–H groups in total. The van der Waals surface area contributed by atoms with Crippen molar-refractivity contribution in [1.29, 1.82) is 0 Å². The highest BCUT2D eigenvalue weighted by molar-refractivity contribution is 14.1. The molecule has 2 aromatic carbocycles. The highest BCUT2D eigenvalue weighted by Gasteiger charge is 2.11. The summed E-state index contributed by atoms with van der Waals surface area (Å²) in [6.07, 6.45) is 3.46. The number of aryl methyl sites for hydroxylation is 1. The van der Waals surface area contributed by atoms with Crippen LogP contribution in [0.25, 0.3) is 0 Å². The number of pyridine rings is 1. The number of aromatic nitrogens is 1. The van der Waals surface area contributed by atoms with Crippen LogP contribution in [0.5, 0.6) is 11.5 Å². The van der Waals surface area contributed by atoms with Crippen molar-refractivity contribution in [2.45, 2.75) is 13.5 Å². The second-order valence-corrected chi connectivity index (χ2v) is 7.10. The Hall–Kier alpha value is -2.61. The molecular weight excluding hydrogens is 455 g/mol. The van der Waals surface area contributed by atoms with Gasteiger partial charge in [0.05, 0.1) is 7.11 Å². The van der Waals surface area contributed by atoms with Gasteiger partial charge in [0, 0.05) is 38.8 Å². The van der Waals surface area contributed by atoms with E-state index >= 15 is 0 Å². The number of methoxy groups -OCH3 is 1. The molecule has 0 aliphatic rings. The normalized spacial score (nSPS) is 10.3. The maximum Gasteiger partial charge on any atom is 0.255 e. The number of carbonyl (C=O) groups is 1. The molecule has 0 saturated carbocycles. The van der Waals surface area contributed by atoms with Gasteiger partial charge in [-0.3, -0.25) is 9.78 Å². The summed E-state index contributed by atoms with van der Waals surface area (Å²) in [4.78, 5) is 16.6. The van der Waals surface area contributed by atoms with Crippen LogP contribution >= 0.6 is 22.6 Å². The van der Waals surface area contributed by atoms with E-state index in [1.54, 1.807) is 37.7 Å². The Labute approximate surface area is 171 Å². The maximum atomic E-state index is 12.5. The third-order valence-corrected chi connectivity index (χ3v) is 5.13. The summed E-state index contributed by atoms with van der Waals surface area (Å²) in [5.74, 6) is 0.982. The van der Waals surface area contributed by atoms with Crippen LogP contribution in [0.15, 0.2) is 60.9 Å². The molecule has 138 valence electrons. The van der Waals surface area contributed by atoms with Crippen molar-refractivity contribution in [3.63, 3.8) is 0 Å². The third-order valence-electron chi connectivity index (χ3n) is 3.97. The molecule has 0 aliphatic heterocycles. The van der Waals surface area contributed by atoms with E-state index in [9.17, 15) is 4.79 Å². The van der Waals surface area contributed by atoms with Crippen LogP contribution in [0, 0.1) is 10.5 Å². The average molecular weight is 474 g/mol. The molecule has 1 amide bonds. The molecule has 0 fully saturated rings. The topological polar surface area (TPSA) is 60.5 Å². The Morgan fingerprint density at radius 3 is 2.70 bits per heavy atom. The van der Waals surface area contributed by atoms with Gasteiger partial charge in [-0.05, 0) is 65.4 Å². The monoisotopic (exact) mass is 474 g/mol. The van der Waals surface area contributed by atoms with Gasteiger partial charge in [0.15, 0.2) is 11.5 Å². The molecule has 0 bridgehead atoms. The van der Waals surface area contributed by atoms with Crippen LogP contribution in [0.4, 0.5) is 5.69 Å². The number of amides is 1. The number of carbonyl (C=O) groups excluding carboxylic acids is 1. The van der Waals surface area contributed by atoms with Crippen LogP contribution in [-0.2, 0) is 6.61 Å². The number of hydrogen-bond acceptors (Lipinski definition) is 4. The zero-order chi connectivity index (χ0) is 19.2. The lowest BCUT2D eigenvalue weighted by molar-refractivity contribution is 0.102. The van der Waals surface area contributed by atoms with Gasteiger partial charge >= 0.3 is 0 Å². The Kier molecular flexibility index (Phi) is 6.28. The highest BCUT2D eigenvalue weighted by atomic mass is 127. The first kappa shape index (κ1) is 19.2. The quantitative estimate of drug-likeness (QED) is 0.520. The van der Waals surface area contributed by atoms with Crippen LogP contribution in [0.2, 0.25) is 0 Å². The zero-order valence-corrected chi connectivity index (χ0v) is 17.2. The number of nitrogens with one attached hydrogen (secondary N) is 1. The average Bonchev–Trinajstić information content (AvgIpc) is 2.69. The van der Waals surface area contributed by atoms with Crippen molar-refractivity contribution in [1.82, 2.24) is 4.98 Å². The number of hydrogen-bond donors (Lipinski definition) is 1. The SMILES string of the molecule is COc1ccc(NC(=O)c2ccc(C)c(I)c2)cc1OCc1cccnc1. The largest absolute Gasteiger partial charge is 0.493 e. The molecule has 3 rings (SSSR count). The van der Waals surface area contributed by atoms with Crippen molar-refractivity contribution in [3.8, 4) is 11.5 Å². The molecule has 0 atom stereocenters. The summed E-state index contributed by atoms with van der Waals surface area (Å²) in [7, 11) is 1.58. The van der Waals surface area contributed by atoms with E-state index in [0.717, 1.165) is 14.7 Å². The smallest absolute Gasteiger partial charge is 0.255 e. The van der Waals surface area contributed by atoms with Crippen molar-refractivity contribution in [2.24, 2.45) is 0 Å². The Morgan fingerprint density at radius 1 is 1.15 bits per heavy atom. The molecule has 0 aliphatic carbocycles. The number of ether oxygens (including phenoxy) is 2. The Bertz CT molecular complexity index is 945. The van der Waals surface area contributed by atoms with Crippen LogP contribution in [0.3, 0.4) is 0 Å². The van der Waals surface area contributed by atoms with E-state index in [1.807, 2.05) is 37.3 Å². The van der Waals surface area contributed by atoms with Gasteiger partial charge in [-0.1, -0.05) is 12.1 Å². The fourth-order valence-electron chi connectivity index (χ4n) is 2.45. The summed E-state index contributed by atoms with van der Waals surface area (Å²) < 4.78 is 12.3. The van der Waals surface area contributed by atoms with Gasteiger partial charge in [0.1, 0.15) is 6.61 Å². The summed E-state index contributed by atoms with van der Waals surface area (Å²) in [5, 5.41) is 2.90. The Balaban J connectivity index is 1.75. The predicted molar refractivity (Wildman–Crippen MR) is 113 cm³/mol. The summed E-state index contributed by atoms with van der Waals surface area (Å²) >= 11 is 2.22. The van der Waals surface area contributed by atoms with Crippen LogP contribution in [-0.4, -0.2) is 18.0 Å². The van der Waals surface area contributed by atoms with Crippen molar-refractivity contribution >= 4 is 34.2 Å². The molecule has 3 aromatic rings. The molecular formula is C21H19IN2O3. The molecule has 0 radical (unpaired) electrons. The van der Waals surface area contributed by atoms with Gasteiger partial charge in [0.2, 0.25) is 0 Å². The predicted octanol–water partition coefficient (Wildman–Crippen LogP) is 4.83. The first-order valence-corrected chi connectivity index (χ1v) is 9.42. The molecule has 0 spiro atoms. The zero-order valence-electron chi connectivity index (χ0n) is 15.0. The van der Waals surface area contributed by atoms with Crippen LogP contribution < -0.4 is 14.8 Å². The van der Waals surface area contributed by atoms with Gasteiger partial charge in [0.25, 0.3) is 5.91 Å². The van der Waals surface area contributed by atoms with Gasteiger partial charge in [-0.2, -0.15) is 0 Å². The van der Waals surface area contributed by atoms with Gasteiger partial charge in [-0.25, -0.2) is 0 Å². The number of halogens is 1. The highest BCUT2D eigenvalue weighted by Crippen LogP contribution is 2.31. The van der Waals surface area contributed by atoms with Gasteiger partial charge < -0.3 is 14.8 Å². The van der Waals surface area contributed by atoms with E-state index in [0.29, 0.717) is 29.4 Å². The number of nitrogens with zero attached hydrogens (tertiary/aromatic N) is 1. The van der Waals surface area contributed by atoms with E-state index in [-0.39, 0.29) is 5.91 Å². The lowest BCUT2D eigenvalue weighted by atomic mass is 10.1. The molecule has 1 aromatic heterocycles. The van der Waals surface area contributed by atoms with E-state index in [4.69, 9.17) is 9.47 Å². The van der Waals surface area contributed by atoms with Crippen molar-refractivity contribution < 1.29 is 14.3 Å². The summed E-state index contributed by atoms with van der Waals surface area (Å²) in [6.45, 7) is 2.37. The molecule has 0 unspecified atom stereocenters. The van der Waals surface area contributed by atoms with E-state index in [2.05, 4.69) is 32.9 Å². The molecule has 1 heterocycles. The van der Waals surface area contributed by atoms with Crippen molar-refractivity contribution in [2.75, 3.05) is 12.4 Å². The molecule has 6 heteroatoms. The van der Waals surface area contributed by atoms with Crippen molar-refractivity contribution in [3.05, 3.63) is 81.2 Å². The minimum atomic E-state index is -0.170. The molecule has 0 saturated heterocycles. The lowest BCUT2D eigenvalue weighted by Gasteiger charge is -2.13. The summed E-state index contributed by atoms with van der Waals surface area (Å²) in [5.41, 5.74) is 3.34. The van der Waals surface area contributed by atoms with E-state index in [1.165, 1.54) is 0 Å². The first-order chi connectivity index (χ1) is 13.1. The minimum Gasteiger partial charge on any atom is -0.493 e. The van der Waals surface area contributed by atoms with Crippen LogP contribution in [0.1, 0.15) is 21.5 Å². The second-order valence-electron chi connectivity index (χ2n) is 5.93. The fourth-order valence-corrected chi connectivity index (χ4v) is 2.96. The maximum absolute atomic E-state index is 12.5. The first-order valence-electron chi connectivity index (χ1n) is 8.34. The minimum absolute atomic E-state index is 0.170. The van der Waals surface area contributed by atoms with Gasteiger partial charge in [-0.15, -0.1) is 0 Å². The third kappa shape index (κ3) is 4.97. The van der Waals surface area contributed by atoms with E-state index < -0.39 is 0 Å². The summed E-state index contributed by atoms with van der Waals surface area (Å²) in [6, 6.07) is 14.7. The lowest BCUT2D eigenvalue weighted by Crippen LogP contribution is -2.12. The number of benzene rings is 2. The molecule has 27 heavy (non-hydrogen) atoms.